The van der Waals surface area contributed by atoms with Crippen LogP contribution in [0.3, 0.4) is 0 Å². The molecule has 0 bridgehead atoms. The Labute approximate surface area is 233 Å². The second-order valence-corrected chi connectivity index (χ2v) is 10.6. The lowest BCUT2D eigenvalue weighted by atomic mass is 9.85. The molecule has 2 aromatic carbocycles. The van der Waals surface area contributed by atoms with E-state index in [1.54, 1.807) is 29.3 Å². The minimum atomic E-state index is -4.58. The first kappa shape index (κ1) is 27.1. The van der Waals surface area contributed by atoms with Crippen molar-refractivity contribution < 1.29 is 32.3 Å². The number of benzene rings is 2. The van der Waals surface area contributed by atoms with E-state index in [2.05, 4.69) is 10.2 Å². The SMILES string of the molecule is O=C(CN1CN(c2ccccc2)C2(CCN(C(=O)c3ccc4[nH]ncc4c3)CC2)C1=O)N1CCO[C@H](C(F)(F)F)C1. The molecule has 4 heterocycles. The summed E-state index contributed by atoms with van der Waals surface area (Å²) >= 11 is 0. The second kappa shape index (κ2) is 10.4. The van der Waals surface area contributed by atoms with Crippen LogP contribution in [0, 0.1) is 0 Å². The van der Waals surface area contributed by atoms with E-state index in [-0.39, 0.29) is 38.2 Å². The highest BCUT2D eigenvalue weighted by molar-refractivity contribution is 5.99. The topological polar surface area (TPSA) is 102 Å². The molecular weight excluding hydrogens is 541 g/mol. The molecule has 3 amide bonds. The van der Waals surface area contributed by atoms with Crippen LogP contribution in [-0.2, 0) is 14.3 Å². The fraction of sp³-hybridized carbons (Fsp3) is 0.429. The maximum atomic E-state index is 14.0. The molecule has 41 heavy (non-hydrogen) atoms. The molecule has 0 aliphatic carbocycles. The molecule has 3 aliphatic rings. The van der Waals surface area contributed by atoms with E-state index in [0.717, 1.165) is 21.5 Å². The van der Waals surface area contributed by atoms with Crippen molar-refractivity contribution in [2.45, 2.75) is 30.7 Å². The Morgan fingerprint density at radius 2 is 1.80 bits per heavy atom. The maximum Gasteiger partial charge on any atom is 0.416 e. The molecule has 3 fully saturated rings. The zero-order valence-electron chi connectivity index (χ0n) is 22.1. The molecule has 0 saturated carbocycles. The number of halogens is 3. The summed E-state index contributed by atoms with van der Waals surface area (Å²) in [5.41, 5.74) is 1.17. The number of para-hydroxylation sites is 1. The molecule has 6 rings (SSSR count). The number of carbonyl (C=O) groups is 3. The average Bonchev–Trinajstić information content (AvgIpc) is 3.56. The van der Waals surface area contributed by atoms with Crippen molar-refractivity contribution in [2.75, 3.05) is 50.9 Å². The Bertz CT molecular complexity index is 1450. The number of aromatic amines is 1. The number of hydrogen-bond donors (Lipinski definition) is 1. The zero-order valence-corrected chi connectivity index (χ0v) is 22.1. The van der Waals surface area contributed by atoms with Gasteiger partial charge >= 0.3 is 6.18 Å². The number of rotatable bonds is 4. The standard InChI is InChI=1S/C28H29F3N6O4/c29-28(30,31)23-16-35(12-13-41-23)24(38)17-36-18-37(21-4-2-1-3-5-21)27(26(36)40)8-10-34(11-9-27)25(39)19-6-7-22-20(14-19)15-32-33-22/h1-7,14-15,23H,8-13,16-18H2,(H,32,33)/t23-/m0/s1. The van der Waals surface area contributed by atoms with Gasteiger partial charge in [-0.1, -0.05) is 18.2 Å². The minimum Gasteiger partial charge on any atom is -0.365 e. The van der Waals surface area contributed by atoms with E-state index in [4.69, 9.17) is 4.74 Å². The summed E-state index contributed by atoms with van der Waals surface area (Å²) in [6.07, 6.45) is -4.27. The fourth-order valence-corrected chi connectivity index (χ4v) is 6.00. The number of fused-ring (bicyclic) bond motifs is 1. The number of hydrogen-bond acceptors (Lipinski definition) is 6. The largest absolute Gasteiger partial charge is 0.416 e. The second-order valence-electron chi connectivity index (χ2n) is 10.6. The highest BCUT2D eigenvalue weighted by Gasteiger charge is 2.55. The number of nitrogens with one attached hydrogen (secondary N) is 1. The molecule has 10 nitrogen and oxygen atoms in total. The summed E-state index contributed by atoms with van der Waals surface area (Å²) in [4.78, 5) is 46.6. The summed E-state index contributed by atoms with van der Waals surface area (Å²) in [6.45, 7) is -0.343. The molecule has 216 valence electrons. The molecule has 3 aliphatic heterocycles. The molecule has 3 aromatic rings. The summed E-state index contributed by atoms with van der Waals surface area (Å²) < 4.78 is 44.4. The monoisotopic (exact) mass is 570 g/mol. The van der Waals surface area contributed by atoms with Crippen LogP contribution >= 0.6 is 0 Å². The Morgan fingerprint density at radius 1 is 1.05 bits per heavy atom. The number of nitrogens with zero attached hydrogens (tertiary/aromatic N) is 5. The van der Waals surface area contributed by atoms with Crippen LogP contribution in [-0.4, -0.2) is 106 Å². The van der Waals surface area contributed by atoms with Gasteiger partial charge in [0.15, 0.2) is 6.10 Å². The normalized spacial score (nSPS) is 21.2. The van der Waals surface area contributed by atoms with Gasteiger partial charge in [0, 0.05) is 36.3 Å². The highest BCUT2D eigenvalue weighted by atomic mass is 19.4. The van der Waals surface area contributed by atoms with Gasteiger partial charge in [0.25, 0.3) is 11.8 Å². The van der Waals surface area contributed by atoms with Crippen LogP contribution in [0.1, 0.15) is 23.2 Å². The maximum absolute atomic E-state index is 14.0. The molecular formula is C28H29F3N6O4. The van der Waals surface area contributed by atoms with Crippen LogP contribution in [0.2, 0.25) is 0 Å². The number of aromatic nitrogens is 2. The molecule has 13 heteroatoms. The number of amides is 3. The molecule has 1 atom stereocenters. The summed E-state index contributed by atoms with van der Waals surface area (Å²) in [5, 5.41) is 7.69. The van der Waals surface area contributed by atoms with Crippen molar-refractivity contribution in [1.29, 1.82) is 0 Å². The van der Waals surface area contributed by atoms with Crippen LogP contribution in [0.4, 0.5) is 18.9 Å². The van der Waals surface area contributed by atoms with Crippen molar-refractivity contribution in [1.82, 2.24) is 24.9 Å². The van der Waals surface area contributed by atoms with Crippen molar-refractivity contribution in [3.05, 3.63) is 60.3 Å². The third-order valence-electron chi connectivity index (χ3n) is 8.26. The van der Waals surface area contributed by atoms with E-state index in [9.17, 15) is 27.6 Å². The molecule has 0 radical (unpaired) electrons. The third-order valence-corrected chi connectivity index (χ3v) is 8.26. The predicted molar refractivity (Wildman–Crippen MR) is 142 cm³/mol. The van der Waals surface area contributed by atoms with Gasteiger partial charge in [-0.15, -0.1) is 0 Å². The van der Waals surface area contributed by atoms with E-state index >= 15 is 0 Å². The van der Waals surface area contributed by atoms with E-state index < -0.39 is 30.3 Å². The van der Waals surface area contributed by atoms with E-state index in [1.165, 1.54) is 4.90 Å². The van der Waals surface area contributed by atoms with Crippen molar-refractivity contribution in [3.63, 3.8) is 0 Å². The number of piperidine rings is 1. The van der Waals surface area contributed by atoms with Crippen LogP contribution in [0.25, 0.3) is 10.9 Å². The highest BCUT2D eigenvalue weighted by Crippen LogP contribution is 2.40. The molecule has 3 saturated heterocycles. The summed E-state index contributed by atoms with van der Waals surface area (Å²) in [5.74, 6) is -0.955. The van der Waals surface area contributed by atoms with Gasteiger partial charge in [-0.2, -0.15) is 18.3 Å². The third kappa shape index (κ3) is 4.98. The fourth-order valence-electron chi connectivity index (χ4n) is 6.00. The number of alkyl halides is 3. The lowest BCUT2D eigenvalue weighted by Gasteiger charge is -2.43. The Balaban J connectivity index is 1.19. The first-order valence-corrected chi connectivity index (χ1v) is 13.5. The van der Waals surface area contributed by atoms with Crippen LogP contribution in [0.5, 0.6) is 0 Å². The van der Waals surface area contributed by atoms with Gasteiger partial charge in [0.1, 0.15) is 12.1 Å². The van der Waals surface area contributed by atoms with Crippen molar-refractivity contribution >= 4 is 34.3 Å². The zero-order chi connectivity index (χ0) is 28.8. The van der Waals surface area contributed by atoms with E-state index in [0.29, 0.717) is 31.5 Å². The van der Waals surface area contributed by atoms with Gasteiger partial charge in [0.2, 0.25) is 5.91 Å². The summed E-state index contributed by atoms with van der Waals surface area (Å²) in [7, 11) is 0. The first-order chi connectivity index (χ1) is 19.7. The smallest absolute Gasteiger partial charge is 0.365 e. The van der Waals surface area contributed by atoms with Gasteiger partial charge in [-0.25, -0.2) is 0 Å². The van der Waals surface area contributed by atoms with Crippen molar-refractivity contribution in [3.8, 4) is 0 Å². The Hall–Kier alpha value is -4.13. The molecule has 0 unspecified atom stereocenters. The van der Waals surface area contributed by atoms with Gasteiger partial charge < -0.3 is 24.3 Å². The number of likely N-dealkylation sites (tertiary alicyclic amines) is 1. The number of carbonyl (C=O) groups excluding carboxylic acids is 3. The number of anilines is 1. The molecule has 1 spiro atoms. The van der Waals surface area contributed by atoms with Crippen LogP contribution < -0.4 is 4.90 Å². The molecule has 1 N–H and O–H groups in total. The number of ether oxygens (including phenoxy) is 1. The first-order valence-electron chi connectivity index (χ1n) is 13.5. The van der Waals surface area contributed by atoms with Gasteiger partial charge in [-0.3, -0.25) is 19.5 Å². The van der Waals surface area contributed by atoms with Gasteiger partial charge in [-0.05, 0) is 43.2 Å². The number of morpholine rings is 1. The molecule has 1 aromatic heterocycles. The lowest BCUT2D eigenvalue weighted by molar-refractivity contribution is -0.236. The van der Waals surface area contributed by atoms with Gasteiger partial charge in [0.05, 0.1) is 31.5 Å². The van der Waals surface area contributed by atoms with Crippen molar-refractivity contribution in [2.24, 2.45) is 0 Å². The Morgan fingerprint density at radius 3 is 2.54 bits per heavy atom. The number of H-pyrrole nitrogens is 1. The average molecular weight is 571 g/mol. The lowest BCUT2D eigenvalue weighted by Crippen LogP contribution is -2.57. The van der Waals surface area contributed by atoms with Crippen LogP contribution in [0.15, 0.2) is 54.7 Å². The van der Waals surface area contributed by atoms with E-state index in [1.807, 2.05) is 35.2 Å². The quantitative estimate of drug-likeness (QED) is 0.518. The predicted octanol–water partition coefficient (Wildman–Crippen LogP) is 2.63. The Kier molecular flexibility index (Phi) is 6.84. The summed E-state index contributed by atoms with van der Waals surface area (Å²) in [6, 6.07) is 14.7. The minimum absolute atomic E-state index is 0.0304.